The van der Waals surface area contributed by atoms with E-state index in [1.54, 1.807) is 0 Å². The molecule has 2 atom stereocenters. The molecule has 1 N–H and O–H groups in total. The van der Waals surface area contributed by atoms with Crippen LogP contribution in [0.3, 0.4) is 0 Å². The smallest absolute Gasteiger partial charge is 0.0664 e. The predicted octanol–water partition coefficient (Wildman–Crippen LogP) is 0.478. The number of aliphatic hydroxyl groups excluding tert-OH is 1. The molecule has 1 fully saturated rings. The van der Waals surface area contributed by atoms with Gasteiger partial charge in [-0.2, -0.15) is 0 Å². The molecule has 0 aromatic rings. The van der Waals surface area contributed by atoms with Gasteiger partial charge < -0.3 is 9.84 Å². The molecular weight excluding hydrogens is 154 g/mol. The Hall–Kier alpha value is -0.120. The first kappa shape index (κ1) is 9.96. The minimum atomic E-state index is -0.247. The molecule has 72 valence electrons. The Labute approximate surface area is 74.3 Å². The van der Waals surface area contributed by atoms with Crippen molar-refractivity contribution in [3.8, 4) is 0 Å². The zero-order chi connectivity index (χ0) is 8.97. The summed E-state index contributed by atoms with van der Waals surface area (Å²) in [5, 5.41) is 9.38. The maximum absolute atomic E-state index is 9.38. The number of nitrogens with zero attached hydrogens (tertiary/aromatic N) is 1. The monoisotopic (exact) mass is 173 g/mol. The van der Waals surface area contributed by atoms with Gasteiger partial charge in [0.25, 0.3) is 0 Å². The molecule has 1 saturated heterocycles. The Kier molecular flexibility index (Phi) is 3.98. The lowest BCUT2D eigenvalue weighted by molar-refractivity contribution is 0.0664. The molecule has 1 rings (SSSR count). The van der Waals surface area contributed by atoms with Gasteiger partial charge in [0.15, 0.2) is 0 Å². The summed E-state index contributed by atoms with van der Waals surface area (Å²) in [4.78, 5) is 2.29. The summed E-state index contributed by atoms with van der Waals surface area (Å²) in [7, 11) is 0. The van der Waals surface area contributed by atoms with E-state index in [1.807, 2.05) is 6.92 Å². The van der Waals surface area contributed by atoms with E-state index in [0.717, 1.165) is 32.7 Å². The average Bonchev–Trinajstić information content (AvgIpc) is 2.30. The zero-order valence-corrected chi connectivity index (χ0v) is 7.99. The van der Waals surface area contributed by atoms with Crippen LogP contribution in [0.25, 0.3) is 0 Å². The first-order chi connectivity index (χ1) is 5.72. The van der Waals surface area contributed by atoms with E-state index >= 15 is 0 Å². The summed E-state index contributed by atoms with van der Waals surface area (Å²) in [5.41, 5.74) is 0. The fraction of sp³-hybridized carbons (Fsp3) is 1.00. The van der Waals surface area contributed by atoms with Gasteiger partial charge in [0.2, 0.25) is 0 Å². The van der Waals surface area contributed by atoms with Gasteiger partial charge in [-0.25, -0.2) is 0 Å². The molecule has 0 aliphatic carbocycles. The summed E-state index contributed by atoms with van der Waals surface area (Å²) >= 11 is 0. The predicted molar refractivity (Wildman–Crippen MR) is 48.2 cm³/mol. The molecule has 3 heteroatoms. The van der Waals surface area contributed by atoms with Crippen molar-refractivity contribution in [1.82, 2.24) is 4.90 Å². The lowest BCUT2D eigenvalue weighted by Crippen LogP contribution is -2.41. The molecule has 12 heavy (non-hydrogen) atoms. The van der Waals surface area contributed by atoms with Crippen LogP contribution < -0.4 is 0 Å². The lowest BCUT2D eigenvalue weighted by atomic mass is 10.2. The van der Waals surface area contributed by atoms with Crippen molar-refractivity contribution in [3.05, 3.63) is 0 Å². The molecule has 1 aliphatic rings. The van der Waals surface area contributed by atoms with E-state index in [9.17, 15) is 5.11 Å². The largest absolute Gasteiger partial charge is 0.392 e. The van der Waals surface area contributed by atoms with E-state index in [1.165, 1.54) is 0 Å². The molecule has 1 aliphatic heterocycles. The summed E-state index contributed by atoms with van der Waals surface area (Å²) in [6, 6.07) is 0.256. The zero-order valence-electron chi connectivity index (χ0n) is 7.99. The Morgan fingerprint density at radius 2 is 2.00 bits per heavy atom. The highest BCUT2D eigenvalue weighted by Gasteiger charge is 2.19. The molecular formula is C9H19NO2. The van der Waals surface area contributed by atoms with Crippen LogP contribution in [0.1, 0.15) is 20.3 Å². The van der Waals surface area contributed by atoms with Crippen molar-refractivity contribution in [1.29, 1.82) is 0 Å². The normalized spacial score (nSPS) is 26.2. The first-order valence-electron chi connectivity index (χ1n) is 4.71. The fourth-order valence-corrected chi connectivity index (χ4v) is 1.48. The van der Waals surface area contributed by atoms with Crippen LogP contribution in [-0.4, -0.2) is 48.5 Å². The highest BCUT2D eigenvalue weighted by molar-refractivity contribution is 4.73. The Morgan fingerprint density at radius 3 is 2.67 bits per heavy atom. The highest BCUT2D eigenvalue weighted by atomic mass is 16.5. The van der Waals surface area contributed by atoms with Crippen molar-refractivity contribution < 1.29 is 9.84 Å². The molecule has 0 saturated carbocycles. The van der Waals surface area contributed by atoms with Crippen LogP contribution in [0.2, 0.25) is 0 Å². The van der Waals surface area contributed by atoms with Crippen LogP contribution in [0.5, 0.6) is 0 Å². The third-order valence-corrected chi connectivity index (χ3v) is 2.53. The van der Waals surface area contributed by atoms with Crippen molar-refractivity contribution in [3.63, 3.8) is 0 Å². The molecule has 0 spiro atoms. The van der Waals surface area contributed by atoms with Crippen molar-refractivity contribution in [2.45, 2.75) is 32.4 Å². The molecule has 0 aromatic carbocycles. The fourth-order valence-electron chi connectivity index (χ4n) is 1.48. The minimum Gasteiger partial charge on any atom is -0.392 e. The lowest BCUT2D eigenvalue weighted by Gasteiger charge is -2.28. The van der Waals surface area contributed by atoms with Crippen LogP contribution in [0, 0.1) is 0 Å². The van der Waals surface area contributed by atoms with Crippen LogP contribution in [0.4, 0.5) is 0 Å². The molecule has 0 aromatic heterocycles. The van der Waals surface area contributed by atoms with Crippen LogP contribution in [0.15, 0.2) is 0 Å². The van der Waals surface area contributed by atoms with Crippen molar-refractivity contribution in [2.24, 2.45) is 0 Å². The summed E-state index contributed by atoms with van der Waals surface area (Å²) in [5.74, 6) is 0. The van der Waals surface area contributed by atoms with Gasteiger partial charge in [-0.05, 0) is 20.3 Å². The van der Waals surface area contributed by atoms with Gasteiger partial charge in [-0.15, -0.1) is 0 Å². The van der Waals surface area contributed by atoms with E-state index in [-0.39, 0.29) is 12.1 Å². The molecule has 0 radical (unpaired) electrons. The van der Waals surface area contributed by atoms with Gasteiger partial charge in [0.05, 0.1) is 12.7 Å². The third-order valence-electron chi connectivity index (χ3n) is 2.53. The molecule has 0 amide bonds. The van der Waals surface area contributed by atoms with E-state index in [4.69, 9.17) is 4.74 Å². The van der Waals surface area contributed by atoms with Gasteiger partial charge in [-0.1, -0.05) is 0 Å². The second-order valence-electron chi connectivity index (χ2n) is 3.48. The van der Waals surface area contributed by atoms with Gasteiger partial charge in [-0.3, -0.25) is 4.90 Å². The molecule has 1 heterocycles. The number of rotatable bonds is 2. The summed E-state index contributed by atoms with van der Waals surface area (Å²) in [6.45, 7) is 7.57. The number of hydrogen-bond donors (Lipinski definition) is 1. The average molecular weight is 173 g/mol. The minimum absolute atomic E-state index is 0.247. The third kappa shape index (κ3) is 2.73. The molecule has 2 unspecified atom stereocenters. The van der Waals surface area contributed by atoms with Gasteiger partial charge in [0.1, 0.15) is 0 Å². The van der Waals surface area contributed by atoms with Crippen molar-refractivity contribution >= 4 is 0 Å². The second-order valence-corrected chi connectivity index (χ2v) is 3.48. The number of hydrogen-bond acceptors (Lipinski definition) is 3. The number of aliphatic hydroxyl groups is 1. The molecule has 3 nitrogen and oxygen atoms in total. The number of ether oxygens (including phenoxy) is 1. The summed E-state index contributed by atoms with van der Waals surface area (Å²) in [6.07, 6.45) is 0.833. The quantitative estimate of drug-likeness (QED) is 0.659. The van der Waals surface area contributed by atoms with Crippen LogP contribution >= 0.6 is 0 Å². The molecule has 0 bridgehead atoms. The SMILES string of the molecule is CC(O)C(C)N1CCCOCC1. The second kappa shape index (κ2) is 4.80. The van der Waals surface area contributed by atoms with E-state index in [2.05, 4.69) is 11.8 Å². The Balaban J connectivity index is 2.37. The Bertz CT molecular complexity index is 120. The van der Waals surface area contributed by atoms with Gasteiger partial charge >= 0.3 is 0 Å². The topological polar surface area (TPSA) is 32.7 Å². The van der Waals surface area contributed by atoms with Gasteiger partial charge in [0, 0.05) is 25.7 Å². The van der Waals surface area contributed by atoms with Crippen molar-refractivity contribution in [2.75, 3.05) is 26.3 Å². The van der Waals surface area contributed by atoms with Crippen LogP contribution in [-0.2, 0) is 4.74 Å². The van der Waals surface area contributed by atoms with E-state index in [0.29, 0.717) is 0 Å². The maximum Gasteiger partial charge on any atom is 0.0664 e. The highest BCUT2D eigenvalue weighted by Crippen LogP contribution is 2.07. The summed E-state index contributed by atoms with van der Waals surface area (Å²) < 4.78 is 5.33. The Morgan fingerprint density at radius 1 is 1.25 bits per heavy atom. The first-order valence-corrected chi connectivity index (χ1v) is 4.71. The maximum atomic E-state index is 9.38. The standard InChI is InChI=1S/C9H19NO2/c1-8(9(2)11)10-4-3-6-12-7-5-10/h8-9,11H,3-7H2,1-2H3. The van der Waals surface area contributed by atoms with E-state index < -0.39 is 0 Å².